The summed E-state index contributed by atoms with van der Waals surface area (Å²) in [5, 5.41) is 5.13. The number of nitrogens with one attached hydrogen (secondary N) is 2. The second kappa shape index (κ2) is 11.0. The number of urea groups is 1. The quantitative estimate of drug-likeness (QED) is 0.453. The van der Waals surface area contributed by atoms with Gasteiger partial charge in [0.2, 0.25) is 0 Å². The number of carbonyl (C=O) groups is 2. The average molecular weight is 511 g/mol. The molecule has 0 spiro atoms. The maximum atomic E-state index is 12.7. The van der Waals surface area contributed by atoms with E-state index in [0.717, 1.165) is 11.3 Å². The van der Waals surface area contributed by atoms with Crippen LogP contribution in [0, 0.1) is 0 Å². The highest BCUT2D eigenvalue weighted by Crippen LogP contribution is 2.28. The van der Waals surface area contributed by atoms with Gasteiger partial charge < -0.3 is 9.64 Å². The molecule has 0 aliphatic heterocycles. The summed E-state index contributed by atoms with van der Waals surface area (Å²) in [6, 6.07) is 10.2. The van der Waals surface area contributed by atoms with E-state index in [4.69, 9.17) is 16.3 Å². The lowest BCUT2D eigenvalue weighted by Gasteiger charge is -2.15. The Balaban J connectivity index is 1.66. The molecule has 0 unspecified atom stereocenters. The molecule has 3 aromatic rings. The Bertz CT molecular complexity index is 1260. The molecule has 176 valence electrons. The number of methoxy groups -OCH3 is 1. The molecule has 2 aromatic carbocycles. The second-order valence-corrected chi connectivity index (χ2v) is 10.7. The number of carbonyl (C=O) groups excluding carboxylic acids is 2. The van der Waals surface area contributed by atoms with E-state index in [2.05, 4.69) is 15.6 Å². The Morgan fingerprint density at radius 3 is 2.67 bits per heavy atom. The number of fused-ring (bicyclic) bond motifs is 1. The molecule has 0 atom stereocenters. The third-order valence-corrected chi connectivity index (χ3v) is 7.66. The molecule has 33 heavy (non-hydrogen) atoms. The van der Waals surface area contributed by atoms with Crippen molar-refractivity contribution in [1.29, 1.82) is 0 Å². The number of anilines is 1. The lowest BCUT2D eigenvalue weighted by atomic mass is 10.2. The van der Waals surface area contributed by atoms with Crippen LogP contribution in [0.25, 0.3) is 10.2 Å². The SMILES string of the molecule is COCCN(C)CCS(=O)(=O)c1ccc2nc(NC(=O)NC(=O)c3ccccc3Cl)sc2c1. The van der Waals surface area contributed by atoms with Crippen LogP contribution in [-0.4, -0.2) is 69.8 Å². The van der Waals surface area contributed by atoms with E-state index in [9.17, 15) is 18.0 Å². The van der Waals surface area contributed by atoms with Gasteiger partial charge in [-0.05, 0) is 37.4 Å². The highest BCUT2D eigenvalue weighted by atomic mass is 35.5. The van der Waals surface area contributed by atoms with Gasteiger partial charge in [-0.2, -0.15) is 0 Å². The van der Waals surface area contributed by atoms with Crippen molar-refractivity contribution in [2.45, 2.75) is 4.90 Å². The summed E-state index contributed by atoms with van der Waals surface area (Å²) in [6.07, 6.45) is 0. The monoisotopic (exact) mass is 510 g/mol. The zero-order chi connectivity index (χ0) is 24.0. The summed E-state index contributed by atoms with van der Waals surface area (Å²) in [4.78, 5) is 30.8. The van der Waals surface area contributed by atoms with E-state index in [1.807, 2.05) is 11.9 Å². The van der Waals surface area contributed by atoms with Crippen LogP contribution < -0.4 is 10.6 Å². The van der Waals surface area contributed by atoms with Gasteiger partial charge in [-0.25, -0.2) is 18.2 Å². The molecule has 0 fully saturated rings. The van der Waals surface area contributed by atoms with E-state index in [1.54, 1.807) is 31.4 Å². The number of aromatic nitrogens is 1. The first kappa shape index (κ1) is 25.1. The topological polar surface area (TPSA) is 118 Å². The number of nitrogens with zero attached hydrogens (tertiary/aromatic N) is 2. The van der Waals surface area contributed by atoms with Crippen LogP contribution in [0.5, 0.6) is 0 Å². The molecule has 12 heteroatoms. The zero-order valence-corrected chi connectivity index (χ0v) is 20.4. The number of ether oxygens (including phenoxy) is 1. The zero-order valence-electron chi connectivity index (χ0n) is 18.0. The van der Waals surface area contributed by atoms with E-state index in [0.29, 0.717) is 29.9 Å². The molecular formula is C21H23ClN4O5S2. The highest BCUT2D eigenvalue weighted by Gasteiger charge is 2.18. The molecule has 1 aromatic heterocycles. The third-order valence-electron chi connectivity index (χ3n) is 4.70. The van der Waals surface area contributed by atoms with E-state index >= 15 is 0 Å². The number of benzene rings is 2. The molecule has 0 aliphatic carbocycles. The molecule has 3 amide bonds. The number of hydrogen-bond donors (Lipinski definition) is 2. The Hall–Kier alpha value is -2.57. The highest BCUT2D eigenvalue weighted by molar-refractivity contribution is 7.91. The lowest BCUT2D eigenvalue weighted by Crippen LogP contribution is -2.34. The van der Waals surface area contributed by atoms with Crippen LogP contribution in [0.3, 0.4) is 0 Å². The molecular weight excluding hydrogens is 488 g/mol. The summed E-state index contributed by atoms with van der Waals surface area (Å²) in [7, 11) is -0.0674. The van der Waals surface area contributed by atoms with E-state index < -0.39 is 21.8 Å². The number of sulfone groups is 1. The fraction of sp³-hybridized carbons (Fsp3) is 0.286. The van der Waals surface area contributed by atoms with E-state index in [1.165, 1.54) is 18.2 Å². The second-order valence-electron chi connectivity index (χ2n) is 7.15. The van der Waals surface area contributed by atoms with Crippen molar-refractivity contribution < 1.29 is 22.7 Å². The molecule has 2 N–H and O–H groups in total. The van der Waals surface area contributed by atoms with Gasteiger partial charge in [0.1, 0.15) is 0 Å². The molecule has 0 radical (unpaired) electrons. The van der Waals surface area contributed by atoms with Gasteiger partial charge in [0, 0.05) is 20.2 Å². The van der Waals surface area contributed by atoms with Crippen molar-refractivity contribution in [2.24, 2.45) is 0 Å². The normalized spacial score (nSPS) is 11.6. The molecule has 0 saturated heterocycles. The van der Waals surface area contributed by atoms with Crippen molar-refractivity contribution in [1.82, 2.24) is 15.2 Å². The van der Waals surface area contributed by atoms with Crippen molar-refractivity contribution in [3.05, 3.63) is 53.1 Å². The fourth-order valence-electron chi connectivity index (χ4n) is 2.85. The minimum atomic E-state index is -3.50. The largest absolute Gasteiger partial charge is 0.383 e. The summed E-state index contributed by atoms with van der Waals surface area (Å²) >= 11 is 7.08. The maximum Gasteiger partial charge on any atom is 0.327 e. The number of likely N-dealkylation sites (N-methyl/N-ethyl adjacent to an activating group) is 1. The Morgan fingerprint density at radius 1 is 1.18 bits per heavy atom. The summed E-state index contributed by atoms with van der Waals surface area (Å²) < 4.78 is 31.0. The third kappa shape index (κ3) is 6.71. The fourth-order valence-corrected chi connectivity index (χ4v) is 5.41. The Morgan fingerprint density at radius 2 is 1.94 bits per heavy atom. The number of thiazole rings is 1. The number of amides is 3. The van der Waals surface area contributed by atoms with Gasteiger partial charge in [0.25, 0.3) is 5.91 Å². The van der Waals surface area contributed by atoms with Gasteiger partial charge in [-0.3, -0.25) is 15.4 Å². The first-order valence-electron chi connectivity index (χ1n) is 9.87. The predicted molar refractivity (Wildman–Crippen MR) is 129 cm³/mol. The summed E-state index contributed by atoms with van der Waals surface area (Å²) in [5.74, 6) is -0.682. The summed E-state index contributed by atoms with van der Waals surface area (Å²) in [5.41, 5.74) is 0.699. The van der Waals surface area contributed by atoms with Crippen LogP contribution in [0.2, 0.25) is 5.02 Å². The Kier molecular flexibility index (Phi) is 8.38. The molecule has 0 saturated carbocycles. The molecule has 0 bridgehead atoms. The Labute approximate surface area is 200 Å². The van der Waals surface area contributed by atoms with Gasteiger partial charge in [0.05, 0.1) is 38.1 Å². The maximum absolute atomic E-state index is 12.7. The van der Waals surface area contributed by atoms with Crippen molar-refractivity contribution >= 4 is 60.1 Å². The minimum absolute atomic E-state index is 0.0325. The first-order chi connectivity index (χ1) is 15.7. The number of imide groups is 1. The van der Waals surface area contributed by atoms with Crippen LogP contribution in [-0.2, 0) is 14.6 Å². The lowest BCUT2D eigenvalue weighted by molar-refractivity contribution is 0.0967. The standard InChI is InChI=1S/C21H23ClN4O5S2/c1-26(9-11-31-2)10-12-33(29,30)14-7-8-17-18(13-14)32-21(23-17)25-20(28)24-19(27)15-5-3-4-6-16(15)22/h3-8,13H,9-12H2,1-2H3,(H2,23,24,25,27,28). The van der Waals surface area contributed by atoms with Crippen molar-refractivity contribution in [3.63, 3.8) is 0 Å². The van der Waals surface area contributed by atoms with Crippen LogP contribution >= 0.6 is 22.9 Å². The molecule has 3 rings (SSSR count). The van der Waals surface area contributed by atoms with Crippen LogP contribution in [0.1, 0.15) is 10.4 Å². The van der Waals surface area contributed by atoms with Gasteiger partial charge in [-0.15, -0.1) is 0 Å². The van der Waals surface area contributed by atoms with Crippen LogP contribution in [0.4, 0.5) is 9.93 Å². The number of halogens is 1. The summed E-state index contributed by atoms with van der Waals surface area (Å²) in [6.45, 7) is 1.53. The predicted octanol–water partition coefficient (Wildman–Crippen LogP) is 3.26. The smallest absolute Gasteiger partial charge is 0.327 e. The number of rotatable bonds is 9. The van der Waals surface area contributed by atoms with Gasteiger partial charge >= 0.3 is 6.03 Å². The van der Waals surface area contributed by atoms with Gasteiger partial charge in [-0.1, -0.05) is 35.1 Å². The van der Waals surface area contributed by atoms with Crippen molar-refractivity contribution in [2.75, 3.05) is 44.9 Å². The molecule has 0 aliphatic rings. The van der Waals surface area contributed by atoms with Gasteiger partial charge in [0.15, 0.2) is 15.0 Å². The molecule has 9 nitrogen and oxygen atoms in total. The average Bonchev–Trinajstić information content (AvgIpc) is 3.17. The van der Waals surface area contributed by atoms with Crippen molar-refractivity contribution in [3.8, 4) is 0 Å². The number of hydrogen-bond acceptors (Lipinski definition) is 8. The molecule has 1 heterocycles. The van der Waals surface area contributed by atoms with E-state index in [-0.39, 0.29) is 26.4 Å². The minimum Gasteiger partial charge on any atom is -0.383 e. The first-order valence-corrected chi connectivity index (χ1v) is 12.7. The van der Waals surface area contributed by atoms with Crippen LogP contribution in [0.15, 0.2) is 47.4 Å².